The number of rotatable bonds is 3. The normalized spacial score (nSPS) is 10.0. The van der Waals surface area contributed by atoms with Gasteiger partial charge < -0.3 is 4.74 Å². The second-order valence-electron chi connectivity index (χ2n) is 4.18. The van der Waals surface area contributed by atoms with Crippen LogP contribution in [-0.4, -0.2) is 5.78 Å². The SMILES string of the molecule is CC(=O)c1ccc(C#N)cc1Oc1cc(Cl)c(Cl)cc1Cl. The average Bonchev–Trinajstić information content (AvgIpc) is 2.44. The van der Waals surface area contributed by atoms with E-state index in [-0.39, 0.29) is 27.3 Å². The minimum Gasteiger partial charge on any atom is -0.455 e. The summed E-state index contributed by atoms with van der Waals surface area (Å²) in [5, 5.41) is 9.76. The van der Waals surface area contributed by atoms with Crippen molar-refractivity contribution in [1.82, 2.24) is 0 Å². The number of hydrogen-bond donors (Lipinski definition) is 0. The summed E-state index contributed by atoms with van der Waals surface area (Å²) in [6, 6.07) is 9.42. The van der Waals surface area contributed by atoms with Gasteiger partial charge in [0.15, 0.2) is 5.78 Å². The summed E-state index contributed by atoms with van der Waals surface area (Å²) in [4.78, 5) is 11.6. The van der Waals surface area contributed by atoms with Crippen molar-refractivity contribution < 1.29 is 9.53 Å². The molecule has 2 aromatic carbocycles. The van der Waals surface area contributed by atoms with E-state index in [0.717, 1.165) is 0 Å². The molecule has 2 aromatic rings. The Hall–Kier alpha value is -1.73. The minimum atomic E-state index is -0.189. The number of nitriles is 1. The van der Waals surface area contributed by atoms with E-state index in [0.29, 0.717) is 16.1 Å². The Balaban J connectivity index is 2.50. The molecule has 0 fully saturated rings. The fraction of sp³-hybridized carbons (Fsp3) is 0.0667. The molecular weight excluding hydrogens is 333 g/mol. The van der Waals surface area contributed by atoms with E-state index in [9.17, 15) is 4.79 Å². The number of benzene rings is 2. The molecule has 2 rings (SSSR count). The molecule has 3 nitrogen and oxygen atoms in total. The first-order valence-electron chi connectivity index (χ1n) is 5.80. The number of carbonyl (C=O) groups excluding carboxylic acids is 1. The van der Waals surface area contributed by atoms with Crippen LogP contribution in [0.1, 0.15) is 22.8 Å². The molecule has 0 spiro atoms. The third-order valence-electron chi connectivity index (χ3n) is 2.68. The molecule has 0 aliphatic rings. The van der Waals surface area contributed by atoms with Gasteiger partial charge in [-0.2, -0.15) is 5.26 Å². The third kappa shape index (κ3) is 3.48. The highest BCUT2D eigenvalue weighted by Crippen LogP contribution is 2.37. The van der Waals surface area contributed by atoms with Gasteiger partial charge in [-0.25, -0.2) is 0 Å². The zero-order valence-corrected chi connectivity index (χ0v) is 13.1. The van der Waals surface area contributed by atoms with Crippen LogP contribution in [0.5, 0.6) is 11.5 Å². The highest BCUT2D eigenvalue weighted by Gasteiger charge is 2.14. The molecule has 21 heavy (non-hydrogen) atoms. The van der Waals surface area contributed by atoms with Crippen LogP contribution in [-0.2, 0) is 0 Å². The monoisotopic (exact) mass is 339 g/mol. The maximum atomic E-state index is 11.6. The Morgan fingerprint density at radius 3 is 2.33 bits per heavy atom. The van der Waals surface area contributed by atoms with Crippen LogP contribution < -0.4 is 4.74 Å². The van der Waals surface area contributed by atoms with Crippen LogP contribution in [0.25, 0.3) is 0 Å². The molecule has 0 aromatic heterocycles. The maximum Gasteiger partial charge on any atom is 0.163 e. The Kier molecular flexibility index (Phi) is 4.74. The summed E-state index contributed by atoms with van der Waals surface area (Å²) >= 11 is 17.8. The zero-order chi connectivity index (χ0) is 15.6. The molecule has 0 aliphatic heterocycles. The van der Waals surface area contributed by atoms with Gasteiger partial charge in [0.25, 0.3) is 0 Å². The summed E-state index contributed by atoms with van der Waals surface area (Å²) in [6.07, 6.45) is 0. The molecule has 0 saturated carbocycles. The third-order valence-corrected chi connectivity index (χ3v) is 3.70. The number of nitrogens with zero attached hydrogens (tertiary/aromatic N) is 1. The number of ether oxygens (including phenoxy) is 1. The van der Waals surface area contributed by atoms with Crippen molar-refractivity contribution in [1.29, 1.82) is 5.26 Å². The standard InChI is InChI=1S/C15H8Cl3NO2/c1-8(20)10-3-2-9(7-19)4-14(10)21-15-6-12(17)11(16)5-13(15)18/h2-6H,1H3. The first-order valence-corrected chi connectivity index (χ1v) is 6.93. The molecule has 6 heteroatoms. The highest BCUT2D eigenvalue weighted by atomic mass is 35.5. The van der Waals surface area contributed by atoms with E-state index < -0.39 is 0 Å². The summed E-state index contributed by atoms with van der Waals surface area (Å²) in [5.74, 6) is 0.302. The summed E-state index contributed by atoms with van der Waals surface area (Å²) in [5.41, 5.74) is 0.710. The highest BCUT2D eigenvalue weighted by molar-refractivity contribution is 6.43. The fourth-order valence-electron chi connectivity index (χ4n) is 1.67. The van der Waals surface area contributed by atoms with Crippen molar-refractivity contribution in [3.05, 3.63) is 56.5 Å². The van der Waals surface area contributed by atoms with Gasteiger partial charge in [-0.3, -0.25) is 4.79 Å². The lowest BCUT2D eigenvalue weighted by atomic mass is 10.1. The summed E-state index contributed by atoms with van der Waals surface area (Å²) in [7, 11) is 0. The van der Waals surface area contributed by atoms with Gasteiger partial charge in [-0.05, 0) is 31.2 Å². The lowest BCUT2D eigenvalue weighted by Crippen LogP contribution is -1.98. The van der Waals surface area contributed by atoms with Crippen LogP contribution in [0, 0.1) is 11.3 Å². The first-order chi connectivity index (χ1) is 9.92. The Morgan fingerprint density at radius 2 is 1.71 bits per heavy atom. The lowest BCUT2D eigenvalue weighted by molar-refractivity contribution is 0.101. The van der Waals surface area contributed by atoms with Gasteiger partial charge in [0.1, 0.15) is 11.5 Å². The maximum absolute atomic E-state index is 11.6. The molecule has 0 N–H and O–H groups in total. The van der Waals surface area contributed by atoms with Crippen molar-refractivity contribution in [2.45, 2.75) is 6.92 Å². The van der Waals surface area contributed by atoms with Crippen LogP contribution in [0.3, 0.4) is 0 Å². The average molecular weight is 341 g/mol. The van der Waals surface area contributed by atoms with Crippen molar-refractivity contribution in [3.63, 3.8) is 0 Å². The number of Topliss-reactive ketones (excluding diaryl/α,β-unsaturated/α-hetero) is 1. The van der Waals surface area contributed by atoms with E-state index in [1.54, 1.807) is 6.07 Å². The topological polar surface area (TPSA) is 50.1 Å². The van der Waals surface area contributed by atoms with Gasteiger partial charge in [0.05, 0.1) is 32.3 Å². The van der Waals surface area contributed by atoms with E-state index >= 15 is 0 Å². The number of hydrogen-bond acceptors (Lipinski definition) is 3. The summed E-state index contributed by atoms with van der Waals surface area (Å²) in [6.45, 7) is 1.41. The molecular formula is C15H8Cl3NO2. The molecule has 0 bridgehead atoms. The van der Waals surface area contributed by atoms with Crippen LogP contribution in [0.4, 0.5) is 0 Å². The van der Waals surface area contributed by atoms with Crippen LogP contribution >= 0.6 is 34.8 Å². The number of ketones is 1. The molecule has 106 valence electrons. The van der Waals surface area contributed by atoms with Crippen LogP contribution in [0.2, 0.25) is 15.1 Å². The Labute approximate surface area is 136 Å². The van der Waals surface area contributed by atoms with Gasteiger partial charge in [0.2, 0.25) is 0 Å². The molecule has 0 unspecified atom stereocenters. The molecule has 0 aliphatic carbocycles. The van der Waals surface area contributed by atoms with E-state index in [4.69, 9.17) is 44.8 Å². The predicted octanol–water partition coefficient (Wildman–Crippen LogP) is 5.51. The van der Waals surface area contributed by atoms with E-state index in [2.05, 4.69) is 0 Å². The number of carbonyl (C=O) groups is 1. The molecule has 0 heterocycles. The Morgan fingerprint density at radius 1 is 1.05 bits per heavy atom. The second-order valence-corrected chi connectivity index (χ2v) is 5.40. The Bertz CT molecular complexity index is 766. The molecule has 0 radical (unpaired) electrons. The van der Waals surface area contributed by atoms with Gasteiger partial charge >= 0.3 is 0 Å². The molecule has 0 saturated heterocycles. The van der Waals surface area contributed by atoms with E-state index in [1.165, 1.54) is 31.2 Å². The fourth-order valence-corrected chi connectivity index (χ4v) is 2.24. The van der Waals surface area contributed by atoms with Crippen molar-refractivity contribution >= 4 is 40.6 Å². The van der Waals surface area contributed by atoms with Gasteiger partial charge in [-0.1, -0.05) is 34.8 Å². The zero-order valence-electron chi connectivity index (χ0n) is 10.8. The quantitative estimate of drug-likeness (QED) is 0.546. The van der Waals surface area contributed by atoms with Crippen molar-refractivity contribution in [2.24, 2.45) is 0 Å². The predicted molar refractivity (Wildman–Crippen MR) is 82.7 cm³/mol. The lowest BCUT2D eigenvalue weighted by Gasteiger charge is -2.12. The summed E-state index contributed by atoms with van der Waals surface area (Å²) < 4.78 is 5.63. The minimum absolute atomic E-state index is 0.189. The van der Waals surface area contributed by atoms with Crippen LogP contribution in [0.15, 0.2) is 30.3 Å². The second kappa shape index (κ2) is 6.36. The van der Waals surface area contributed by atoms with Gasteiger partial charge in [0, 0.05) is 6.07 Å². The van der Waals surface area contributed by atoms with E-state index in [1.807, 2.05) is 6.07 Å². The number of halogens is 3. The van der Waals surface area contributed by atoms with Crippen molar-refractivity contribution in [2.75, 3.05) is 0 Å². The van der Waals surface area contributed by atoms with Crippen molar-refractivity contribution in [3.8, 4) is 17.6 Å². The van der Waals surface area contributed by atoms with Gasteiger partial charge in [-0.15, -0.1) is 0 Å². The smallest absolute Gasteiger partial charge is 0.163 e. The largest absolute Gasteiger partial charge is 0.455 e. The first kappa shape index (κ1) is 15.7. The molecule has 0 atom stereocenters. The molecule has 0 amide bonds.